The fourth-order valence-corrected chi connectivity index (χ4v) is 2.85. The summed E-state index contributed by atoms with van der Waals surface area (Å²) in [7, 11) is 0. The monoisotopic (exact) mass is 344 g/mol. The standard InChI is InChI=1S/C17H20N4O4/c1-10(2)15-19-14(20-25-15)11-5-4-8-21(9-11)16(22)12-6-3-7-13(18-12)17(23)24/h3,6-7,10-11H,4-5,8-9H2,1-2H3,(H,23,24). The van der Waals surface area contributed by atoms with Gasteiger partial charge in [0.15, 0.2) is 5.82 Å². The molecule has 0 spiro atoms. The first-order valence-corrected chi connectivity index (χ1v) is 8.29. The summed E-state index contributed by atoms with van der Waals surface area (Å²) < 4.78 is 5.26. The van der Waals surface area contributed by atoms with E-state index in [2.05, 4.69) is 15.1 Å². The van der Waals surface area contributed by atoms with E-state index < -0.39 is 5.97 Å². The summed E-state index contributed by atoms with van der Waals surface area (Å²) in [6.45, 7) is 5.03. The van der Waals surface area contributed by atoms with Gasteiger partial charge in [-0.1, -0.05) is 25.1 Å². The van der Waals surface area contributed by atoms with E-state index >= 15 is 0 Å². The number of piperidine rings is 1. The van der Waals surface area contributed by atoms with Crippen molar-refractivity contribution in [3.8, 4) is 0 Å². The first kappa shape index (κ1) is 17.1. The topological polar surface area (TPSA) is 109 Å². The molecule has 2 aromatic heterocycles. The number of carbonyl (C=O) groups is 2. The van der Waals surface area contributed by atoms with Gasteiger partial charge in [0.2, 0.25) is 5.89 Å². The van der Waals surface area contributed by atoms with Crippen molar-refractivity contribution >= 4 is 11.9 Å². The summed E-state index contributed by atoms with van der Waals surface area (Å²) in [6.07, 6.45) is 1.70. The summed E-state index contributed by atoms with van der Waals surface area (Å²) in [5.41, 5.74) is -0.00400. The molecule has 0 saturated carbocycles. The zero-order valence-corrected chi connectivity index (χ0v) is 14.2. The molecule has 2 aromatic rings. The molecule has 0 aliphatic carbocycles. The molecule has 1 unspecified atom stereocenters. The minimum absolute atomic E-state index is 0.0107. The highest BCUT2D eigenvalue weighted by Crippen LogP contribution is 2.26. The summed E-state index contributed by atoms with van der Waals surface area (Å²) in [5, 5.41) is 13.1. The van der Waals surface area contributed by atoms with Gasteiger partial charge in [0.25, 0.3) is 5.91 Å². The largest absolute Gasteiger partial charge is 0.477 e. The number of carboxylic acid groups (broad SMARTS) is 1. The minimum Gasteiger partial charge on any atom is -0.477 e. The van der Waals surface area contributed by atoms with E-state index in [9.17, 15) is 9.59 Å². The van der Waals surface area contributed by atoms with Crippen LogP contribution in [0.4, 0.5) is 0 Å². The van der Waals surface area contributed by atoms with Gasteiger partial charge in [-0.3, -0.25) is 4.79 Å². The SMILES string of the molecule is CC(C)c1nc(C2CCCN(C(=O)c3cccc(C(=O)O)n3)C2)no1. The second-order valence-electron chi connectivity index (χ2n) is 6.45. The van der Waals surface area contributed by atoms with Crippen molar-refractivity contribution in [1.82, 2.24) is 20.0 Å². The van der Waals surface area contributed by atoms with Gasteiger partial charge in [0.1, 0.15) is 11.4 Å². The van der Waals surface area contributed by atoms with Gasteiger partial charge < -0.3 is 14.5 Å². The first-order chi connectivity index (χ1) is 12.0. The van der Waals surface area contributed by atoms with Crippen molar-refractivity contribution in [3.63, 3.8) is 0 Å². The quantitative estimate of drug-likeness (QED) is 0.906. The molecule has 1 amide bonds. The molecule has 1 saturated heterocycles. The van der Waals surface area contributed by atoms with Crippen molar-refractivity contribution in [2.75, 3.05) is 13.1 Å². The maximum absolute atomic E-state index is 12.7. The van der Waals surface area contributed by atoms with Gasteiger partial charge in [0, 0.05) is 24.9 Å². The Morgan fingerprint density at radius 2 is 2.04 bits per heavy atom. The second kappa shape index (κ2) is 7.00. The lowest BCUT2D eigenvalue weighted by atomic mass is 9.97. The number of hydrogen-bond acceptors (Lipinski definition) is 6. The van der Waals surface area contributed by atoms with Crippen LogP contribution in [0.3, 0.4) is 0 Å². The van der Waals surface area contributed by atoms with Crippen molar-refractivity contribution < 1.29 is 19.2 Å². The highest BCUT2D eigenvalue weighted by Gasteiger charge is 2.29. The van der Waals surface area contributed by atoms with Gasteiger partial charge in [-0.25, -0.2) is 9.78 Å². The lowest BCUT2D eigenvalue weighted by Crippen LogP contribution is -2.39. The Kier molecular flexibility index (Phi) is 4.78. The third-order valence-electron chi connectivity index (χ3n) is 4.21. The summed E-state index contributed by atoms with van der Waals surface area (Å²) in [6, 6.07) is 4.42. The van der Waals surface area contributed by atoms with E-state index in [-0.39, 0.29) is 29.1 Å². The van der Waals surface area contributed by atoms with Crippen LogP contribution in [0.5, 0.6) is 0 Å². The molecule has 1 atom stereocenters. The minimum atomic E-state index is -1.15. The Morgan fingerprint density at radius 1 is 1.28 bits per heavy atom. The molecule has 0 radical (unpaired) electrons. The van der Waals surface area contributed by atoms with Crippen molar-refractivity contribution in [2.45, 2.75) is 38.5 Å². The van der Waals surface area contributed by atoms with Crippen LogP contribution in [-0.2, 0) is 0 Å². The van der Waals surface area contributed by atoms with Crippen molar-refractivity contribution in [2.24, 2.45) is 0 Å². The van der Waals surface area contributed by atoms with Crippen molar-refractivity contribution in [3.05, 3.63) is 41.3 Å². The number of aromatic nitrogens is 3. The predicted molar refractivity (Wildman–Crippen MR) is 87.5 cm³/mol. The molecule has 1 aliphatic rings. The Balaban J connectivity index is 1.75. The van der Waals surface area contributed by atoms with E-state index in [4.69, 9.17) is 9.63 Å². The highest BCUT2D eigenvalue weighted by molar-refractivity contribution is 5.94. The number of likely N-dealkylation sites (tertiary alicyclic amines) is 1. The zero-order chi connectivity index (χ0) is 18.0. The summed E-state index contributed by atoms with van der Waals surface area (Å²) in [5.74, 6) is -0.0515. The molecule has 1 N–H and O–H groups in total. The van der Waals surface area contributed by atoms with Crippen molar-refractivity contribution in [1.29, 1.82) is 0 Å². The normalized spacial score (nSPS) is 17.7. The highest BCUT2D eigenvalue weighted by atomic mass is 16.5. The van der Waals surface area contributed by atoms with Crippen LogP contribution in [0.25, 0.3) is 0 Å². The van der Waals surface area contributed by atoms with Crippen LogP contribution in [0.15, 0.2) is 22.7 Å². The zero-order valence-electron chi connectivity index (χ0n) is 14.2. The predicted octanol–water partition coefficient (Wildman–Crippen LogP) is 2.31. The Hall–Kier alpha value is -2.77. The molecular formula is C17H20N4O4. The lowest BCUT2D eigenvalue weighted by Gasteiger charge is -2.31. The summed E-state index contributed by atoms with van der Waals surface area (Å²) in [4.78, 5) is 33.7. The average Bonchev–Trinajstić information content (AvgIpc) is 3.12. The number of hydrogen-bond donors (Lipinski definition) is 1. The molecule has 0 bridgehead atoms. The molecule has 1 fully saturated rings. The molecule has 0 aromatic carbocycles. The van der Waals surface area contributed by atoms with E-state index in [0.29, 0.717) is 24.8 Å². The van der Waals surface area contributed by atoms with Crippen LogP contribution in [-0.4, -0.2) is 50.1 Å². The Labute approximate surface area is 144 Å². The van der Waals surface area contributed by atoms with Crippen LogP contribution in [0.1, 0.15) is 71.2 Å². The Bertz CT molecular complexity index is 786. The number of nitrogens with zero attached hydrogens (tertiary/aromatic N) is 4. The van der Waals surface area contributed by atoms with Crippen LogP contribution < -0.4 is 0 Å². The number of aromatic carboxylic acids is 1. The van der Waals surface area contributed by atoms with Crippen LogP contribution >= 0.6 is 0 Å². The number of carboxylic acids is 1. The third kappa shape index (κ3) is 3.67. The molecule has 3 heterocycles. The second-order valence-corrected chi connectivity index (χ2v) is 6.45. The molecule has 25 heavy (non-hydrogen) atoms. The van der Waals surface area contributed by atoms with E-state index in [0.717, 1.165) is 12.8 Å². The number of rotatable bonds is 4. The van der Waals surface area contributed by atoms with Gasteiger partial charge in [-0.2, -0.15) is 4.98 Å². The third-order valence-corrected chi connectivity index (χ3v) is 4.21. The summed E-state index contributed by atoms with van der Waals surface area (Å²) >= 11 is 0. The Morgan fingerprint density at radius 3 is 2.72 bits per heavy atom. The number of pyridine rings is 1. The number of carbonyl (C=O) groups excluding carboxylic acids is 1. The lowest BCUT2D eigenvalue weighted by molar-refractivity contribution is 0.0686. The molecule has 8 nitrogen and oxygen atoms in total. The molecular weight excluding hydrogens is 324 g/mol. The van der Waals surface area contributed by atoms with Crippen LogP contribution in [0.2, 0.25) is 0 Å². The maximum Gasteiger partial charge on any atom is 0.354 e. The molecule has 132 valence electrons. The average molecular weight is 344 g/mol. The van der Waals surface area contributed by atoms with Crippen LogP contribution in [0, 0.1) is 0 Å². The fourth-order valence-electron chi connectivity index (χ4n) is 2.85. The van der Waals surface area contributed by atoms with E-state index in [1.807, 2.05) is 13.8 Å². The van der Waals surface area contributed by atoms with E-state index in [1.165, 1.54) is 18.2 Å². The van der Waals surface area contributed by atoms with Gasteiger partial charge in [-0.05, 0) is 25.0 Å². The molecule has 3 rings (SSSR count). The van der Waals surface area contributed by atoms with E-state index in [1.54, 1.807) is 4.90 Å². The fraction of sp³-hybridized carbons (Fsp3) is 0.471. The smallest absolute Gasteiger partial charge is 0.354 e. The number of amides is 1. The molecule has 8 heteroatoms. The molecule has 1 aliphatic heterocycles. The van der Waals surface area contributed by atoms with Gasteiger partial charge in [-0.15, -0.1) is 0 Å². The van der Waals surface area contributed by atoms with Gasteiger partial charge >= 0.3 is 5.97 Å². The van der Waals surface area contributed by atoms with Gasteiger partial charge in [0.05, 0.1) is 0 Å². The first-order valence-electron chi connectivity index (χ1n) is 8.29. The maximum atomic E-state index is 12.7.